The Balaban J connectivity index is 2.58. The largest absolute Gasteiger partial charge is 0.288 e. The third-order valence-electron chi connectivity index (χ3n) is 2.56. The molecule has 2 aromatic rings. The molecule has 0 radical (unpaired) electrons. The number of halogens is 6. The SMILES string of the molecule is O=C(c1ccc(F)c(F)c1F)c1ccc(F)c(F)c1F. The first kappa shape index (κ1) is 14.1. The summed E-state index contributed by atoms with van der Waals surface area (Å²) in [6, 6.07) is 2.08. The third kappa shape index (κ3) is 2.15. The number of hydrogen-bond donors (Lipinski definition) is 0. The molecule has 20 heavy (non-hydrogen) atoms. The molecule has 0 aliphatic heterocycles. The van der Waals surface area contributed by atoms with Crippen molar-refractivity contribution in [3.63, 3.8) is 0 Å². The maximum Gasteiger partial charge on any atom is 0.199 e. The summed E-state index contributed by atoms with van der Waals surface area (Å²) >= 11 is 0. The molecule has 104 valence electrons. The number of carbonyl (C=O) groups is 1. The van der Waals surface area contributed by atoms with Crippen LogP contribution in [0.4, 0.5) is 26.3 Å². The molecule has 0 fully saturated rings. The Morgan fingerprint density at radius 1 is 0.600 bits per heavy atom. The standard InChI is InChI=1S/C13H4F6O/c14-7-3-1-5(9(16)11(7)18)13(20)6-2-4-8(15)12(19)10(6)17/h1-4H. The van der Waals surface area contributed by atoms with E-state index in [0.717, 1.165) is 0 Å². The van der Waals surface area contributed by atoms with Gasteiger partial charge in [0.1, 0.15) is 0 Å². The van der Waals surface area contributed by atoms with Crippen molar-refractivity contribution in [1.29, 1.82) is 0 Å². The first-order chi connectivity index (χ1) is 9.34. The minimum absolute atomic E-state index is 0.462. The zero-order chi connectivity index (χ0) is 15.0. The molecule has 0 atom stereocenters. The molecule has 0 N–H and O–H groups in total. The van der Waals surface area contributed by atoms with Gasteiger partial charge in [-0.05, 0) is 24.3 Å². The molecule has 7 heteroatoms. The smallest absolute Gasteiger partial charge is 0.199 e. The zero-order valence-electron chi connectivity index (χ0n) is 9.49. The van der Waals surface area contributed by atoms with Crippen molar-refractivity contribution in [2.75, 3.05) is 0 Å². The molecule has 0 bridgehead atoms. The van der Waals surface area contributed by atoms with Crippen LogP contribution in [0.15, 0.2) is 24.3 Å². The van der Waals surface area contributed by atoms with Crippen molar-refractivity contribution in [2.45, 2.75) is 0 Å². The van der Waals surface area contributed by atoms with Gasteiger partial charge in [0.2, 0.25) is 0 Å². The Hall–Kier alpha value is -2.31. The number of ketones is 1. The van der Waals surface area contributed by atoms with Crippen molar-refractivity contribution < 1.29 is 31.1 Å². The highest BCUT2D eigenvalue weighted by Gasteiger charge is 2.24. The fraction of sp³-hybridized carbons (Fsp3) is 0. The Bertz CT molecular complexity index is 651. The van der Waals surface area contributed by atoms with Crippen molar-refractivity contribution in [3.8, 4) is 0 Å². The van der Waals surface area contributed by atoms with Crippen LogP contribution < -0.4 is 0 Å². The van der Waals surface area contributed by atoms with Gasteiger partial charge in [-0.3, -0.25) is 4.79 Å². The summed E-state index contributed by atoms with van der Waals surface area (Å²) in [5.74, 6) is -12.0. The quantitative estimate of drug-likeness (QED) is 0.467. The average molecular weight is 290 g/mol. The Kier molecular flexibility index (Phi) is 3.52. The molecule has 0 heterocycles. The minimum atomic E-state index is -1.92. The Labute approximate surface area is 108 Å². The average Bonchev–Trinajstić information content (AvgIpc) is 2.42. The molecule has 0 unspecified atom stereocenters. The lowest BCUT2D eigenvalue weighted by molar-refractivity contribution is 0.102. The van der Waals surface area contributed by atoms with Crippen LogP contribution in [0.3, 0.4) is 0 Å². The Morgan fingerprint density at radius 2 is 0.950 bits per heavy atom. The molecular formula is C13H4F6O. The summed E-state index contributed by atoms with van der Waals surface area (Å²) in [5.41, 5.74) is -1.98. The maximum atomic E-state index is 13.4. The molecule has 0 aliphatic rings. The highest BCUT2D eigenvalue weighted by Crippen LogP contribution is 2.22. The molecule has 0 aliphatic carbocycles. The van der Waals surface area contributed by atoms with Crippen LogP contribution in [0.2, 0.25) is 0 Å². The number of rotatable bonds is 2. The van der Waals surface area contributed by atoms with Crippen LogP contribution in [0.1, 0.15) is 15.9 Å². The van der Waals surface area contributed by atoms with E-state index in [1.54, 1.807) is 0 Å². The van der Waals surface area contributed by atoms with Crippen LogP contribution in [0.5, 0.6) is 0 Å². The maximum absolute atomic E-state index is 13.4. The molecule has 0 aromatic heterocycles. The minimum Gasteiger partial charge on any atom is -0.288 e. The fourth-order valence-electron chi connectivity index (χ4n) is 1.55. The van der Waals surface area contributed by atoms with E-state index < -0.39 is 51.8 Å². The van der Waals surface area contributed by atoms with E-state index in [4.69, 9.17) is 0 Å². The topological polar surface area (TPSA) is 17.1 Å². The van der Waals surface area contributed by atoms with Gasteiger partial charge in [-0.15, -0.1) is 0 Å². The predicted octanol–water partition coefficient (Wildman–Crippen LogP) is 3.75. The van der Waals surface area contributed by atoms with E-state index in [1.165, 1.54) is 0 Å². The normalized spacial score (nSPS) is 10.7. The summed E-state index contributed by atoms with van der Waals surface area (Å²) in [7, 11) is 0. The zero-order valence-corrected chi connectivity index (χ0v) is 9.49. The second-order valence-corrected chi connectivity index (χ2v) is 3.77. The van der Waals surface area contributed by atoms with Gasteiger partial charge in [-0.2, -0.15) is 0 Å². The lowest BCUT2D eigenvalue weighted by atomic mass is 10.0. The van der Waals surface area contributed by atoms with Gasteiger partial charge in [-0.1, -0.05) is 0 Å². The summed E-state index contributed by atoms with van der Waals surface area (Å²) in [5, 5.41) is 0. The van der Waals surface area contributed by atoms with Crippen molar-refractivity contribution in [1.82, 2.24) is 0 Å². The fourth-order valence-corrected chi connectivity index (χ4v) is 1.55. The second-order valence-electron chi connectivity index (χ2n) is 3.77. The molecular weight excluding hydrogens is 286 g/mol. The van der Waals surface area contributed by atoms with Crippen molar-refractivity contribution >= 4 is 5.78 Å². The molecule has 0 spiro atoms. The lowest BCUT2D eigenvalue weighted by Gasteiger charge is -2.06. The summed E-state index contributed by atoms with van der Waals surface area (Å²) in [6.45, 7) is 0. The first-order valence-corrected chi connectivity index (χ1v) is 5.16. The summed E-state index contributed by atoms with van der Waals surface area (Å²) < 4.78 is 78.2. The second kappa shape index (κ2) is 4.99. The van der Waals surface area contributed by atoms with Gasteiger partial charge in [0.25, 0.3) is 0 Å². The van der Waals surface area contributed by atoms with Gasteiger partial charge in [-0.25, -0.2) is 26.3 Å². The summed E-state index contributed by atoms with van der Waals surface area (Å²) in [4.78, 5) is 11.8. The van der Waals surface area contributed by atoms with E-state index >= 15 is 0 Å². The highest BCUT2D eigenvalue weighted by atomic mass is 19.2. The predicted molar refractivity (Wildman–Crippen MR) is 56.1 cm³/mol. The van der Waals surface area contributed by atoms with Gasteiger partial charge in [0.15, 0.2) is 40.7 Å². The number of hydrogen-bond acceptors (Lipinski definition) is 1. The van der Waals surface area contributed by atoms with E-state index in [2.05, 4.69) is 0 Å². The molecule has 0 saturated carbocycles. The molecule has 1 nitrogen and oxygen atoms in total. The Morgan fingerprint density at radius 3 is 1.30 bits per heavy atom. The van der Waals surface area contributed by atoms with Crippen molar-refractivity contribution in [3.05, 3.63) is 70.3 Å². The van der Waals surface area contributed by atoms with Gasteiger partial charge < -0.3 is 0 Å². The van der Waals surface area contributed by atoms with E-state index in [0.29, 0.717) is 24.3 Å². The summed E-state index contributed by atoms with van der Waals surface area (Å²) in [6.07, 6.45) is 0. The van der Waals surface area contributed by atoms with Crippen LogP contribution in [-0.4, -0.2) is 5.78 Å². The highest BCUT2D eigenvalue weighted by molar-refractivity contribution is 6.09. The van der Waals surface area contributed by atoms with Crippen LogP contribution in [0, 0.1) is 34.9 Å². The number of benzene rings is 2. The molecule has 0 amide bonds. The monoisotopic (exact) mass is 290 g/mol. The molecule has 0 saturated heterocycles. The van der Waals surface area contributed by atoms with Crippen LogP contribution in [0.25, 0.3) is 0 Å². The van der Waals surface area contributed by atoms with Crippen molar-refractivity contribution in [2.24, 2.45) is 0 Å². The first-order valence-electron chi connectivity index (χ1n) is 5.16. The number of carbonyl (C=O) groups excluding carboxylic acids is 1. The van der Waals surface area contributed by atoms with Gasteiger partial charge >= 0.3 is 0 Å². The third-order valence-corrected chi connectivity index (χ3v) is 2.56. The van der Waals surface area contributed by atoms with E-state index in [1.807, 2.05) is 0 Å². The van der Waals surface area contributed by atoms with Gasteiger partial charge in [0.05, 0.1) is 11.1 Å². The molecule has 2 aromatic carbocycles. The molecule has 2 rings (SSSR count). The van der Waals surface area contributed by atoms with Crippen LogP contribution >= 0.6 is 0 Å². The van der Waals surface area contributed by atoms with E-state index in [9.17, 15) is 31.1 Å². The van der Waals surface area contributed by atoms with E-state index in [-0.39, 0.29) is 0 Å². The van der Waals surface area contributed by atoms with Gasteiger partial charge in [0, 0.05) is 0 Å². The van der Waals surface area contributed by atoms with Crippen LogP contribution in [-0.2, 0) is 0 Å². The lowest BCUT2D eigenvalue weighted by Crippen LogP contribution is -2.11.